The second kappa shape index (κ2) is 7.58. The van der Waals surface area contributed by atoms with Crippen molar-refractivity contribution in [3.8, 4) is 11.4 Å². The number of hydrogen-bond acceptors (Lipinski definition) is 6. The number of tetrazole rings is 1. The molecule has 1 amide bonds. The highest BCUT2D eigenvalue weighted by Crippen LogP contribution is 2.46. The lowest BCUT2D eigenvalue weighted by atomic mass is 9.83. The Hall–Kier alpha value is -2.75. The molecule has 152 valence electrons. The number of rotatable bonds is 5. The van der Waals surface area contributed by atoms with Gasteiger partial charge in [-0.25, -0.2) is 13.8 Å². The van der Waals surface area contributed by atoms with E-state index in [1.807, 2.05) is 12.3 Å². The molecular weight excluding hydrogens is 398 g/mol. The number of thiazole rings is 1. The predicted octanol–water partition coefficient (Wildman–Crippen LogP) is 3.80. The number of alkyl halides is 2. The Kier molecular flexibility index (Phi) is 5.12. The van der Waals surface area contributed by atoms with Crippen LogP contribution in [0.15, 0.2) is 29.6 Å². The number of amides is 1. The van der Waals surface area contributed by atoms with E-state index in [2.05, 4.69) is 25.7 Å². The van der Waals surface area contributed by atoms with Crippen molar-refractivity contribution in [3.05, 3.63) is 40.9 Å². The summed E-state index contributed by atoms with van der Waals surface area (Å²) < 4.78 is 27.8. The number of carbonyl (C=O) groups excluding carboxylic acids is 1. The Bertz CT molecular complexity index is 1020. The molecule has 1 N–H and O–H groups in total. The van der Waals surface area contributed by atoms with Gasteiger partial charge < -0.3 is 5.32 Å². The number of nitrogens with one attached hydrogen (secondary N) is 1. The molecule has 0 saturated heterocycles. The van der Waals surface area contributed by atoms with E-state index in [1.165, 1.54) is 16.1 Å². The summed E-state index contributed by atoms with van der Waals surface area (Å²) in [6.07, 6.45) is -0.190. The van der Waals surface area contributed by atoms with Crippen molar-refractivity contribution in [1.29, 1.82) is 0 Å². The molecule has 0 unspecified atom stereocenters. The normalized spacial score (nSPS) is 19.2. The third kappa shape index (κ3) is 4.31. The van der Waals surface area contributed by atoms with Gasteiger partial charge in [0, 0.05) is 23.8 Å². The van der Waals surface area contributed by atoms with E-state index < -0.39 is 17.8 Å². The summed E-state index contributed by atoms with van der Waals surface area (Å²) in [4.78, 5) is 18.7. The fraction of sp³-hybridized carbons (Fsp3) is 0.421. The Morgan fingerprint density at radius 2 is 2.10 bits per heavy atom. The van der Waals surface area contributed by atoms with Crippen LogP contribution in [0.1, 0.15) is 36.4 Å². The van der Waals surface area contributed by atoms with E-state index >= 15 is 0 Å². The first-order chi connectivity index (χ1) is 13.8. The summed E-state index contributed by atoms with van der Waals surface area (Å²) in [6, 6.07) is 7.12. The van der Waals surface area contributed by atoms with E-state index in [-0.39, 0.29) is 18.7 Å². The molecular formula is C19H20F2N6OS. The highest BCUT2D eigenvalue weighted by molar-refractivity contribution is 7.13. The monoisotopic (exact) mass is 418 g/mol. The molecule has 1 aliphatic carbocycles. The minimum Gasteiger partial charge on any atom is -0.301 e. The number of aromatic nitrogens is 5. The maximum atomic E-state index is 13.9. The number of anilines is 1. The molecule has 29 heavy (non-hydrogen) atoms. The second-order valence-electron chi connectivity index (χ2n) is 7.34. The highest BCUT2D eigenvalue weighted by atomic mass is 32.1. The number of aryl methyl sites for hydroxylation is 2. The summed E-state index contributed by atoms with van der Waals surface area (Å²) in [7, 11) is 1.67. The molecule has 1 saturated carbocycles. The topological polar surface area (TPSA) is 85.6 Å². The maximum absolute atomic E-state index is 13.9. The van der Waals surface area contributed by atoms with Gasteiger partial charge in [0.05, 0.1) is 18.7 Å². The average Bonchev–Trinajstić information content (AvgIpc) is 3.37. The van der Waals surface area contributed by atoms with Crippen LogP contribution in [0.5, 0.6) is 0 Å². The Labute approximate surface area is 170 Å². The largest absolute Gasteiger partial charge is 0.301 e. The third-order valence-electron chi connectivity index (χ3n) is 5.08. The SMILES string of the molecule is Cc1csc(NC(=O)[C@H](c2ccc(-c3nnn(C)n3)cc2)[C@H]2CCC(F)(F)C2)n1. The van der Waals surface area contributed by atoms with Crippen LogP contribution in [0, 0.1) is 12.8 Å². The molecule has 10 heteroatoms. The first-order valence-corrected chi connectivity index (χ1v) is 10.1. The molecule has 0 radical (unpaired) electrons. The third-order valence-corrected chi connectivity index (χ3v) is 5.96. The van der Waals surface area contributed by atoms with Crippen molar-refractivity contribution in [3.63, 3.8) is 0 Å². The Morgan fingerprint density at radius 1 is 1.34 bits per heavy atom. The van der Waals surface area contributed by atoms with Crippen LogP contribution in [0.25, 0.3) is 11.4 Å². The maximum Gasteiger partial charge on any atom is 0.248 e. The molecule has 0 spiro atoms. The van der Waals surface area contributed by atoms with E-state index in [0.717, 1.165) is 11.3 Å². The van der Waals surface area contributed by atoms with Gasteiger partial charge in [0.2, 0.25) is 17.7 Å². The van der Waals surface area contributed by atoms with Gasteiger partial charge in [-0.3, -0.25) is 4.79 Å². The molecule has 0 aliphatic heterocycles. The van der Waals surface area contributed by atoms with Crippen LogP contribution >= 0.6 is 11.3 Å². The minimum absolute atomic E-state index is 0.195. The number of carbonyl (C=O) groups is 1. The van der Waals surface area contributed by atoms with E-state index in [9.17, 15) is 13.6 Å². The summed E-state index contributed by atoms with van der Waals surface area (Å²) in [6.45, 7) is 1.83. The van der Waals surface area contributed by atoms with Crippen LogP contribution in [0.4, 0.5) is 13.9 Å². The Morgan fingerprint density at radius 3 is 2.66 bits per heavy atom. The van der Waals surface area contributed by atoms with Gasteiger partial charge in [-0.05, 0) is 30.0 Å². The van der Waals surface area contributed by atoms with Crippen molar-refractivity contribution < 1.29 is 13.6 Å². The Balaban J connectivity index is 1.61. The summed E-state index contributed by atoms with van der Waals surface area (Å²) in [5.74, 6) is -3.70. The smallest absolute Gasteiger partial charge is 0.248 e. The molecule has 2 aromatic heterocycles. The number of nitrogens with zero attached hydrogens (tertiary/aromatic N) is 5. The highest BCUT2D eigenvalue weighted by Gasteiger charge is 2.45. The zero-order valence-corrected chi connectivity index (χ0v) is 16.8. The minimum atomic E-state index is -2.73. The summed E-state index contributed by atoms with van der Waals surface area (Å²) in [5.41, 5.74) is 2.23. The van der Waals surface area contributed by atoms with E-state index in [0.29, 0.717) is 22.9 Å². The van der Waals surface area contributed by atoms with Crippen molar-refractivity contribution in [2.75, 3.05) is 5.32 Å². The van der Waals surface area contributed by atoms with Gasteiger partial charge in [-0.1, -0.05) is 24.3 Å². The molecule has 2 atom stereocenters. The van der Waals surface area contributed by atoms with Crippen molar-refractivity contribution in [2.24, 2.45) is 13.0 Å². The molecule has 0 bridgehead atoms. The standard InChI is InChI=1S/C19H20F2N6OS/c1-11-10-29-18(22-11)23-17(28)15(14-7-8-19(20,21)9-14)12-3-5-13(6-4-12)16-24-26-27(2)25-16/h3-6,10,14-15H,7-9H2,1-2H3,(H,22,23,28)/t14-,15+/m0/s1. The van der Waals surface area contributed by atoms with Gasteiger partial charge in [0.25, 0.3) is 0 Å². The number of hydrogen-bond donors (Lipinski definition) is 1. The zero-order valence-electron chi connectivity index (χ0n) is 16.0. The zero-order chi connectivity index (χ0) is 20.6. The molecule has 4 rings (SSSR count). The van der Waals surface area contributed by atoms with Crippen LogP contribution in [-0.4, -0.2) is 37.0 Å². The van der Waals surface area contributed by atoms with Crippen LogP contribution in [0.3, 0.4) is 0 Å². The summed E-state index contributed by atoms with van der Waals surface area (Å²) >= 11 is 1.32. The number of benzene rings is 1. The predicted molar refractivity (Wildman–Crippen MR) is 105 cm³/mol. The second-order valence-corrected chi connectivity index (χ2v) is 8.20. The first kappa shape index (κ1) is 19.6. The van der Waals surface area contributed by atoms with Gasteiger partial charge in [0.1, 0.15) is 0 Å². The van der Waals surface area contributed by atoms with E-state index in [1.54, 1.807) is 31.3 Å². The van der Waals surface area contributed by atoms with E-state index in [4.69, 9.17) is 0 Å². The molecule has 2 heterocycles. The van der Waals surface area contributed by atoms with Crippen molar-refractivity contribution in [1.82, 2.24) is 25.2 Å². The van der Waals surface area contributed by atoms with Gasteiger partial charge in [0.15, 0.2) is 5.13 Å². The lowest BCUT2D eigenvalue weighted by molar-refractivity contribution is -0.118. The van der Waals surface area contributed by atoms with Crippen LogP contribution < -0.4 is 5.32 Å². The van der Waals surface area contributed by atoms with Crippen molar-refractivity contribution in [2.45, 2.75) is 38.0 Å². The first-order valence-electron chi connectivity index (χ1n) is 9.26. The quantitative estimate of drug-likeness (QED) is 0.681. The lowest BCUT2D eigenvalue weighted by Gasteiger charge is -2.23. The van der Waals surface area contributed by atoms with Gasteiger partial charge >= 0.3 is 0 Å². The lowest BCUT2D eigenvalue weighted by Crippen LogP contribution is -2.27. The summed E-state index contributed by atoms with van der Waals surface area (Å²) in [5, 5.41) is 17.0. The fourth-order valence-corrected chi connectivity index (χ4v) is 4.43. The molecule has 1 fully saturated rings. The van der Waals surface area contributed by atoms with Gasteiger partial charge in [-0.15, -0.1) is 21.5 Å². The number of halogens is 2. The van der Waals surface area contributed by atoms with Crippen molar-refractivity contribution >= 4 is 22.4 Å². The molecule has 3 aromatic rings. The molecule has 1 aliphatic rings. The van der Waals surface area contributed by atoms with Crippen LogP contribution in [0.2, 0.25) is 0 Å². The molecule has 1 aromatic carbocycles. The fourth-order valence-electron chi connectivity index (χ4n) is 3.74. The average molecular weight is 418 g/mol. The van der Waals surface area contributed by atoms with Crippen LogP contribution in [-0.2, 0) is 11.8 Å². The molecule has 7 nitrogen and oxygen atoms in total. The van der Waals surface area contributed by atoms with Gasteiger partial charge in [-0.2, -0.15) is 4.80 Å².